The second-order valence-corrected chi connectivity index (χ2v) is 7.16. The molecule has 0 saturated carbocycles. The van der Waals surface area contributed by atoms with Gasteiger partial charge in [0.1, 0.15) is 4.34 Å². The molecular formula is C12H5BrCl2N2O2S. The van der Waals surface area contributed by atoms with Crippen LogP contribution in [0.4, 0.5) is 0 Å². The Kier molecular flexibility index (Phi) is 3.50. The number of thiophene rings is 1. The van der Waals surface area contributed by atoms with Crippen molar-refractivity contribution >= 4 is 67.3 Å². The highest BCUT2D eigenvalue weighted by molar-refractivity contribution is 9.10. The predicted octanol–water partition coefficient (Wildman–Crippen LogP) is 4.22. The molecule has 0 radical (unpaired) electrons. The van der Waals surface area contributed by atoms with E-state index in [0.29, 0.717) is 35.3 Å². The van der Waals surface area contributed by atoms with E-state index >= 15 is 0 Å². The summed E-state index contributed by atoms with van der Waals surface area (Å²) in [6.45, 7) is 0. The average Bonchev–Trinajstić information content (AvgIpc) is 2.88. The Morgan fingerprint density at radius 2 is 1.75 bits per heavy atom. The summed E-state index contributed by atoms with van der Waals surface area (Å²) in [6, 6.07) is 4.80. The molecule has 0 aliphatic rings. The molecule has 3 aromatic rings. The first-order chi connectivity index (χ1) is 9.45. The molecule has 1 aromatic carbocycles. The quantitative estimate of drug-likeness (QED) is 0.642. The minimum atomic E-state index is -0.326. The summed E-state index contributed by atoms with van der Waals surface area (Å²) in [5, 5.41) is 0. The Hall–Kier alpha value is -1.08. The van der Waals surface area contributed by atoms with Crippen LogP contribution in [0, 0.1) is 0 Å². The fourth-order valence-electron chi connectivity index (χ4n) is 1.87. The van der Waals surface area contributed by atoms with E-state index < -0.39 is 0 Å². The van der Waals surface area contributed by atoms with Crippen LogP contribution in [0.3, 0.4) is 0 Å². The molecule has 2 aromatic heterocycles. The monoisotopic (exact) mass is 390 g/mol. The highest BCUT2D eigenvalue weighted by Crippen LogP contribution is 2.34. The minimum absolute atomic E-state index is 0.256. The predicted molar refractivity (Wildman–Crippen MR) is 84.4 cm³/mol. The van der Waals surface area contributed by atoms with Gasteiger partial charge in [-0.05, 0) is 34.1 Å². The van der Waals surface area contributed by atoms with E-state index in [4.69, 9.17) is 23.2 Å². The number of nitrogens with one attached hydrogen (secondary N) is 2. The number of halogens is 3. The molecule has 0 aliphatic heterocycles. The van der Waals surface area contributed by atoms with E-state index in [-0.39, 0.29) is 11.5 Å². The maximum Gasteiger partial charge on any atom is 0.323 e. The zero-order valence-corrected chi connectivity index (χ0v) is 13.5. The van der Waals surface area contributed by atoms with Crippen LogP contribution in [-0.2, 0) is 0 Å². The minimum Gasteiger partial charge on any atom is -0.306 e. The van der Waals surface area contributed by atoms with Crippen molar-refractivity contribution in [1.82, 2.24) is 9.97 Å². The first-order valence-corrected chi connectivity index (χ1v) is 7.73. The van der Waals surface area contributed by atoms with Crippen molar-refractivity contribution < 1.29 is 4.79 Å². The third-order valence-electron chi connectivity index (χ3n) is 2.75. The first kappa shape index (κ1) is 13.9. The van der Waals surface area contributed by atoms with Crippen LogP contribution in [0.5, 0.6) is 0 Å². The summed E-state index contributed by atoms with van der Waals surface area (Å²) in [5.74, 6) is -0.256. The Morgan fingerprint density at radius 3 is 2.35 bits per heavy atom. The number of carbonyl (C=O) groups is 1. The van der Waals surface area contributed by atoms with Gasteiger partial charge in [0.2, 0.25) is 0 Å². The lowest BCUT2D eigenvalue weighted by molar-refractivity contribution is 0.103. The Labute approximate surface area is 134 Å². The van der Waals surface area contributed by atoms with Gasteiger partial charge in [-0.3, -0.25) is 4.79 Å². The average molecular weight is 392 g/mol. The summed E-state index contributed by atoms with van der Waals surface area (Å²) in [4.78, 5) is 29.0. The van der Waals surface area contributed by atoms with Crippen LogP contribution in [0.25, 0.3) is 11.0 Å². The Balaban J connectivity index is 2.18. The lowest BCUT2D eigenvalue weighted by Crippen LogP contribution is -2.01. The molecule has 2 N–H and O–H groups in total. The molecule has 0 unspecified atom stereocenters. The number of benzene rings is 1. The van der Waals surface area contributed by atoms with Gasteiger partial charge in [-0.2, -0.15) is 0 Å². The Morgan fingerprint density at radius 1 is 1.10 bits per heavy atom. The fraction of sp³-hybridized carbons (Fsp3) is 0. The van der Waals surface area contributed by atoms with Crippen molar-refractivity contribution in [2.45, 2.75) is 0 Å². The molecule has 0 fully saturated rings. The molecule has 3 rings (SSSR count). The van der Waals surface area contributed by atoms with E-state index in [2.05, 4.69) is 25.9 Å². The number of H-pyrrole nitrogens is 2. The molecule has 0 atom stereocenters. The molecule has 2 heterocycles. The van der Waals surface area contributed by atoms with Crippen molar-refractivity contribution in [3.05, 3.63) is 53.0 Å². The fourth-order valence-corrected chi connectivity index (χ4v) is 3.85. The van der Waals surface area contributed by atoms with Crippen molar-refractivity contribution in [1.29, 1.82) is 0 Å². The van der Waals surface area contributed by atoms with Crippen LogP contribution in [0.2, 0.25) is 8.67 Å². The normalized spacial score (nSPS) is 11.2. The van der Waals surface area contributed by atoms with Crippen molar-refractivity contribution in [2.75, 3.05) is 0 Å². The van der Waals surface area contributed by atoms with Crippen LogP contribution in [0.1, 0.15) is 15.9 Å². The summed E-state index contributed by atoms with van der Waals surface area (Å²) >= 11 is 16.3. The van der Waals surface area contributed by atoms with Gasteiger partial charge >= 0.3 is 5.69 Å². The molecule has 0 bridgehead atoms. The molecule has 20 heavy (non-hydrogen) atoms. The number of hydrogen-bond acceptors (Lipinski definition) is 3. The van der Waals surface area contributed by atoms with Gasteiger partial charge in [0, 0.05) is 10.0 Å². The second kappa shape index (κ2) is 5.04. The molecule has 0 spiro atoms. The topological polar surface area (TPSA) is 65.7 Å². The smallest absolute Gasteiger partial charge is 0.306 e. The Bertz CT molecular complexity index is 897. The maximum atomic E-state index is 12.5. The highest BCUT2D eigenvalue weighted by atomic mass is 79.9. The van der Waals surface area contributed by atoms with Crippen LogP contribution < -0.4 is 5.69 Å². The highest BCUT2D eigenvalue weighted by Gasteiger charge is 2.19. The SMILES string of the molecule is O=C(c1cc2[nH]c(=O)[nH]c2cc1Br)c1cc(Cl)sc1Cl. The first-order valence-electron chi connectivity index (χ1n) is 5.37. The molecule has 102 valence electrons. The third kappa shape index (κ3) is 2.33. The van der Waals surface area contributed by atoms with Gasteiger partial charge in [-0.25, -0.2) is 4.79 Å². The number of aromatic nitrogens is 2. The largest absolute Gasteiger partial charge is 0.323 e. The number of fused-ring (bicyclic) bond motifs is 1. The second-order valence-electron chi connectivity index (χ2n) is 4.02. The van der Waals surface area contributed by atoms with Crippen molar-refractivity contribution in [3.8, 4) is 0 Å². The van der Waals surface area contributed by atoms with Crippen LogP contribution >= 0.6 is 50.5 Å². The summed E-state index contributed by atoms with van der Waals surface area (Å²) in [6.07, 6.45) is 0. The van der Waals surface area contributed by atoms with Gasteiger partial charge in [-0.1, -0.05) is 23.2 Å². The van der Waals surface area contributed by atoms with E-state index in [1.807, 2.05) is 0 Å². The number of aromatic amines is 2. The number of imidazole rings is 1. The summed E-state index contributed by atoms with van der Waals surface area (Å²) in [7, 11) is 0. The molecule has 4 nitrogen and oxygen atoms in total. The third-order valence-corrected chi connectivity index (χ3v) is 4.89. The number of rotatable bonds is 2. The van der Waals surface area contributed by atoms with Gasteiger partial charge < -0.3 is 9.97 Å². The summed E-state index contributed by atoms with van der Waals surface area (Å²) < 4.78 is 1.36. The van der Waals surface area contributed by atoms with Crippen molar-refractivity contribution in [2.24, 2.45) is 0 Å². The molecule has 8 heteroatoms. The standard InChI is InChI=1S/C12H5BrCl2N2O2S/c13-6-3-8-7(16-12(19)17-8)1-4(6)10(18)5-2-9(14)20-11(5)15/h1-3H,(H2,16,17,19). The zero-order valence-electron chi connectivity index (χ0n) is 9.59. The molecule has 0 saturated heterocycles. The number of hydrogen-bond donors (Lipinski definition) is 2. The van der Waals surface area contributed by atoms with E-state index in [9.17, 15) is 9.59 Å². The number of ketones is 1. The molecular weight excluding hydrogens is 387 g/mol. The van der Waals surface area contributed by atoms with Gasteiger partial charge in [0.05, 0.1) is 20.9 Å². The lowest BCUT2D eigenvalue weighted by Gasteiger charge is -2.03. The van der Waals surface area contributed by atoms with Crippen LogP contribution in [-0.4, -0.2) is 15.8 Å². The zero-order chi connectivity index (χ0) is 14.4. The summed E-state index contributed by atoms with van der Waals surface area (Å²) in [5.41, 5.74) is 1.60. The van der Waals surface area contributed by atoms with Crippen molar-refractivity contribution in [3.63, 3.8) is 0 Å². The lowest BCUT2D eigenvalue weighted by atomic mass is 10.1. The maximum absolute atomic E-state index is 12.5. The number of carbonyl (C=O) groups excluding carboxylic acids is 1. The van der Waals surface area contributed by atoms with Gasteiger partial charge in [0.15, 0.2) is 5.78 Å². The van der Waals surface area contributed by atoms with E-state index in [1.165, 1.54) is 6.07 Å². The molecule has 0 amide bonds. The van der Waals surface area contributed by atoms with E-state index in [1.54, 1.807) is 12.1 Å². The van der Waals surface area contributed by atoms with Gasteiger partial charge in [-0.15, -0.1) is 11.3 Å². The van der Waals surface area contributed by atoms with Crippen LogP contribution in [0.15, 0.2) is 27.5 Å². The van der Waals surface area contributed by atoms with E-state index in [0.717, 1.165) is 11.3 Å². The van der Waals surface area contributed by atoms with Gasteiger partial charge in [0.25, 0.3) is 0 Å². The molecule has 0 aliphatic carbocycles.